The average Bonchev–Trinajstić information content (AvgIpc) is 3.42. The van der Waals surface area contributed by atoms with Crippen molar-refractivity contribution >= 4 is 28.6 Å². The van der Waals surface area contributed by atoms with E-state index in [0.29, 0.717) is 18.0 Å². The van der Waals surface area contributed by atoms with Crippen molar-refractivity contribution in [1.82, 2.24) is 24.5 Å². The molecule has 0 spiro atoms. The quantitative estimate of drug-likeness (QED) is 0.650. The number of hydrogen-bond acceptors (Lipinski definition) is 8. The Morgan fingerprint density at radius 3 is 2.72 bits per heavy atom. The van der Waals surface area contributed by atoms with Crippen molar-refractivity contribution in [2.24, 2.45) is 5.92 Å². The van der Waals surface area contributed by atoms with Gasteiger partial charge in [0.25, 0.3) is 0 Å². The van der Waals surface area contributed by atoms with Crippen LogP contribution in [0.5, 0.6) is 0 Å². The van der Waals surface area contributed by atoms with E-state index in [1.54, 1.807) is 19.5 Å². The number of methoxy groups -OCH3 is 1. The summed E-state index contributed by atoms with van der Waals surface area (Å²) >= 11 is 0. The van der Waals surface area contributed by atoms with E-state index in [1.165, 1.54) is 0 Å². The molecule has 2 atom stereocenters. The molecule has 2 aliphatic rings. The van der Waals surface area contributed by atoms with Crippen LogP contribution in [0.4, 0.5) is 17.6 Å². The summed E-state index contributed by atoms with van der Waals surface area (Å²) in [7, 11) is 1.77. The third-order valence-electron chi connectivity index (χ3n) is 6.66. The Kier molecular flexibility index (Phi) is 5.62. The van der Waals surface area contributed by atoms with E-state index in [2.05, 4.69) is 30.8 Å². The molecule has 9 heteroatoms. The minimum atomic E-state index is 0.129. The molecule has 5 rings (SSSR count). The van der Waals surface area contributed by atoms with Gasteiger partial charge in [0.05, 0.1) is 23.9 Å². The number of ether oxygens (including phenoxy) is 1. The zero-order chi connectivity index (χ0) is 22.1. The van der Waals surface area contributed by atoms with Crippen molar-refractivity contribution in [1.29, 1.82) is 5.26 Å². The number of aryl methyl sites for hydroxylation is 1. The first-order valence-electron chi connectivity index (χ1n) is 11.3. The SMILES string of the molecule is COC1CCN(c2nccc(Nc3cc4c(cn3)nc(C)n4C3CCC(C#N)C3)n2)CC1. The largest absolute Gasteiger partial charge is 0.381 e. The number of rotatable bonds is 5. The molecule has 3 aromatic rings. The second-order valence-electron chi connectivity index (χ2n) is 8.67. The monoisotopic (exact) mass is 432 g/mol. The van der Waals surface area contributed by atoms with Crippen LogP contribution in [-0.4, -0.2) is 50.8 Å². The molecular weight excluding hydrogens is 404 g/mol. The molecule has 9 nitrogen and oxygen atoms in total. The Bertz CT molecular complexity index is 1140. The van der Waals surface area contributed by atoms with Gasteiger partial charge in [-0.1, -0.05) is 0 Å². The highest BCUT2D eigenvalue weighted by molar-refractivity contribution is 5.79. The average molecular weight is 433 g/mol. The number of nitrogens with zero attached hydrogens (tertiary/aromatic N) is 7. The topological polar surface area (TPSA) is 105 Å². The van der Waals surface area contributed by atoms with E-state index >= 15 is 0 Å². The highest BCUT2D eigenvalue weighted by Gasteiger charge is 2.28. The fourth-order valence-corrected chi connectivity index (χ4v) is 4.95. The summed E-state index contributed by atoms with van der Waals surface area (Å²) in [5.41, 5.74) is 1.91. The number of fused-ring (bicyclic) bond motifs is 1. The highest BCUT2D eigenvalue weighted by Crippen LogP contribution is 2.37. The van der Waals surface area contributed by atoms with E-state index in [1.807, 2.05) is 19.1 Å². The Hall–Kier alpha value is -3.25. The van der Waals surface area contributed by atoms with Gasteiger partial charge in [-0.05, 0) is 45.1 Å². The number of imidazole rings is 1. The third kappa shape index (κ3) is 3.98. The summed E-state index contributed by atoms with van der Waals surface area (Å²) in [6.45, 7) is 3.79. The van der Waals surface area contributed by atoms with Crippen molar-refractivity contribution in [3.63, 3.8) is 0 Å². The molecule has 0 bridgehead atoms. The van der Waals surface area contributed by atoms with Gasteiger partial charge in [0, 0.05) is 44.4 Å². The van der Waals surface area contributed by atoms with Crippen molar-refractivity contribution in [3.05, 3.63) is 30.4 Å². The zero-order valence-corrected chi connectivity index (χ0v) is 18.5. The number of pyridine rings is 1. The summed E-state index contributed by atoms with van der Waals surface area (Å²) in [5, 5.41) is 12.6. The van der Waals surface area contributed by atoms with Crippen molar-refractivity contribution in [3.8, 4) is 6.07 Å². The number of aromatic nitrogens is 5. The number of anilines is 3. The lowest BCUT2D eigenvalue weighted by Gasteiger charge is -2.31. The van der Waals surface area contributed by atoms with Crippen molar-refractivity contribution in [2.45, 2.75) is 51.2 Å². The Balaban J connectivity index is 1.37. The number of piperidine rings is 1. The molecule has 2 unspecified atom stereocenters. The van der Waals surface area contributed by atoms with Gasteiger partial charge in [-0.25, -0.2) is 15.0 Å². The Morgan fingerprint density at radius 2 is 1.97 bits per heavy atom. The van der Waals surface area contributed by atoms with Crippen molar-refractivity contribution < 1.29 is 4.74 Å². The van der Waals surface area contributed by atoms with Gasteiger partial charge in [-0.2, -0.15) is 10.2 Å². The van der Waals surface area contributed by atoms with E-state index < -0.39 is 0 Å². The van der Waals surface area contributed by atoms with Crippen LogP contribution in [-0.2, 0) is 4.74 Å². The maximum absolute atomic E-state index is 9.30. The van der Waals surface area contributed by atoms with Crippen LogP contribution in [0, 0.1) is 24.2 Å². The molecule has 166 valence electrons. The smallest absolute Gasteiger partial charge is 0.227 e. The molecule has 1 saturated heterocycles. The molecule has 1 saturated carbocycles. The van der Waals surface area contributed by atoms with Gasteiger partial charge < -0.3 is 19.5 Å². The van der Waals surface area contributed by atoms with Gasteiger partial charge in [-0.15, -0.1) is 0 Å². The van der Waals surface area contributed by atoms with Crippen LogP contribution in [0.2, 0.25) is 0 Å². The Labute approximate surface area is 187 Å². The normalized spacial score (nSPS) is 21.7. The molecular formula is C23H28N8O. The molecule has 0 radical (unpaired) electrons. The van der Waals surface area contributed by atoms with Crippen molar-refractivity contribution in [2.75, 3.05) is 30.4 Å². The zero-order valence-electron chi connectivity index (χ0n) is 18.5. The summed E-state index contributed by atoms with van der Waals surface area (Å²) in [5.74, 6) is 3.25. The summed E-state index contributed by atoms with van der Waals surface area (Å²) in [6.07, 6.45) is 8.69. The number of nitriles is 1. The van der Waals surface area contributed by atoms with Gasteiger partial charge in [0.1, 0.15) is 23.0 Å². The highest BCUT2D eigenvalue weighted by atomic mass is 16.5. The summed E-state index contributed by atoms with van der Waals surface area (Å²) in [6, 6.07) is 6.61. The summed E-state index contributed by atoms with van der Waals surface area (Å²) in [4.78, 5) is 20.6. The van der Waals surface area contributed by atoms with E-state index in [-0.39, 0.29) is 5.92 Å². The van der Waals surface area contributed by atoms with Gasteiger partial charge in [-0.3, -0.25) is 0 Å². The van der Waals surface area contributed by atoms with E-state index in [9.17, 15) is 5.26 Å². The summed E-state index contributed by atoms with van der Waals surface area (Å²) < 4.78 is 7.73. The first-order valence-corrected chi connectivity index (χ1v) is 11.3. The lowest BCUT2D eigenvalue weighted by atomic mass is 10.1. The van der Waals surface area contributed by atoms with Crippen LogP contribution in [0.25, 0.3) is 11.0 Å². The molecule has 4 heterocycles. The Morgan fingerprint density at radius 1 is 1.12 bits per heavy atom. The van der Waals surface area contributed by atoms with Crippen LogP contribution in [0.3, 0.4) is 0 Å². The van der Waals surface area contributed by atoms with Gasteiger partial charge in [0.15, 0.2) is 0 Å². The van der Waals surface area contributed by atoms with Crippen LogP contribution in [0.15, 0.2) is 24.5 Å². The molecule has 1 aliphatic carbocycles. The predicted molar refractivity (Wildman–Crippen MR) is 122 cm³/mol. The maximum atomic E-state index is 9.30. The minimum absolute atomic E-state index is 0.129. The standard InChI is InChI=1S/C23H28N8O/c1-15-27-19-14-26-22(12-20(19)31(15)17-4-3-16(11-17)13-24)28-21-5-8-25-23(29-21)30-9-6-18(32-2)7-10-30/h5,8,12,14,16-18H,3-4,6-7,9-11H2,1-2H3,(H,25,26,28,29). The number of nitrogens with one attached hydrogen (secondary N) is 1. The fraction of sp³-hybridized carbons (Fsp3) is 0.522. The lowest BCUT2D eigenvalue weighted by Crippen LogP contribution is -2.37. The predicted octanol–water partition coefficient (Wildman–Crippen LogP) is 3.75. The van der Waals surface area contributed by atoms with Crippen LogP contribution >= 0.6 is 0 Å². The van der Waals surface area contributed by atoms with Gasteiger partial charge in [0.2, 0.25) is 5.95 Å². The molecule has 3 aromatic heterocycles. The minimum Gasteiger partial charge on any atom is -0.381 e. The van der Waals surface area contributed by atoms with Crippen LogP contribution < -0.4 is 10.2 Å². The molecule has 2 fully saturated rings. The molecule has 1 aliphatic heterocycles. The lowest BCUT2D eigenvalue weighted by molar-refractivity contribution is 0.0816. The van der Waals surface area contributed by atoms with E-state index in [0.717, 1.165) is 73.8 Å². The molecule has 32 heavy (non-hydrogen) atoms. The molecule has 0 amide bonds. The maximum Gasteiger partial charge on any atom is 0.227 e. The molecule has 0 aromatic carbocycles. The fourth-order valence-electron chi connectivity index (χ4n) is 4.95. The van der Waals surface area contributed by atoms with E-state index in [4.69, 9.17) is 14.7 Å². The molecule has 1 N–H and O–H groups in total. The van der Waals surface area contributed by atoms with Crippen LogP contribution in [0.1, 0.15) is 44.0 Å². The second kappa shape index (κ2) is 8.71. The first-order chi connectivity index (χ1) is 15.6. The van der Waals surface area contributed by atoms with Gasteiger partial charge >= 0.3 is 0 Å². The third-order valence-corrected chi connectivity index (χ3v) is 6.66. The second-order valence-corrected chi connectivity index (χ2v) is 8.67. The first kappa shape index (κ1) is 20.6. The number of hydrogen-bond donors (Lipinski definition) is 1.